The second kappa shape index (κ2) is 13.5. The molecule has 6 aromatic heterocycles. The van der Waals surface area contributed by atoms with Crippen LogP contribution in [-0.2, 0) is 25.7 Å². The molecule has 2 aliphatic heterocycles. The van der Waals surface area contributed by atoms with E-state index in [4.69, 9.17) is 9.97 Å². The Bertz CT molecular complexity index is 2230. The van der Waals surface area contributed by atoms with E-state index in [2.05, 4.69) is 67.9 Å². The maximum atomic E-state index is 12.9. The van der Waals surface area contributed by atoms with Crippen LogP contribution >= 0.6 is 22.7 Å². The molecule has 0 aromatic carbocycles. The summed E-state index contributed by atoms with van der Waals surface area (Å²) in [6.45, 7) is 11.0. The molecular formula is C38H46N10O2S2. The predicted molar refractivity (Wildman–Crippen MR) is 207 cm³/mol. The Morgan fingerprint density at radius 1 is 0.654 bits per heavy atom. The summed E-state index contributed by atoms with van der Waals surface area (Å²) in [7, 11) is 0. The number of fused-ring (bicyclic) bond motifs is 10. The molecule has 0 bridgehead atoms. The summed E-state index contributed by atoms with van der Waals surface area (Å²) in [6, 6.07) is 1.35. The van der Waals surface area contributed by atoms with Crippen molar-refractivity contribution in [3.05, 3.63) is 67.3 Å². The monoisotopic (exact) mass is 738 g/mol. The molecule has 0 amide bonds. The number of nitrogens with zero attached hydrogens (tertiary/aromatic N) is 6. The van der Waals surface area contributed by atoms with Gasteiger partial charge in [0, 0.05) is 44.4 Å². The standard InChI is InChI=1S/2C19H23N5OS/c2*1-10(2)24-8-4-7-14(24)18-21-15-11-5-3-6-13-12(9-20-23-13)16(11)26-17(15)19(25)22-18/h2*9-10,14H,3-8H2,1-2H3,(H,20,23)(H,21,22,25)/t2*14-/m10/s1. The van der Waals surface area contributed by atoms with E-state index in [0.717, 1.165) is 121 Å². The van der Waals surface area contributed by atoms with E-state index in [1.165, 1.54) is 32.3 Å². The van der Waals surface area contributed by atoms with Gasteiger partial charge in [0.25, 0.3) is 11.1 Å². The van der Waals surface area contributed by atoms with Crippen LogP contribution in [0.15, 0.2) is 22.0 Å². The van der Waals surface area contributed by atoms with Crippen molar-refractivity contribution in [2.24, 2.45) is 0 Å². The lowest BCUT2D eigenvalue weighted by Gasteiger charge is -2.27. The van der Waals surface area contributed by atoms with Crippen LogP contribution in [0, 0.1) is 0 Å². The van der Waals surface area contributed by atoms with E-state index in [1.807, 2.05) is 12.4 Å². The Labute approximate surface area is 309 Å². The number of aromatic amines is 4. The molecule has 2 fully saturated rings. The van der Waals surface area contributed by atoms with E-state index in [-0.39, 0.29) is 23.2 Å². The topological polar surface area (TPSA) is 155 Å². The Balaban J connectivity index is 0.000000138. The summed E-state index contributed by atoms with van der Waals surface area (Å²) < 4.78 is 1.50. The quantitative estimate of drug-likeness (QED) is 0.154. The largest absolute Gasteiger partial charge is 0.308 e. The van der Waals surface area contributed by atoms with Gasteiger partial charge in [-0.05, 0) is 116 Å². The van der Waals surface area contributed by atoms with Gasteiger partial charge in [-0.25, -0.2) is 9.97 Å². The molecular weight excluding hydrogens is 693 g/mol. The number of hydrogen-bond acceptors (Lipinski definition) is 10. The highest BCUT2D eigenvalue weighted by Gasteiger charge is 2.33. The smallest absolute Gasteiger partial charge is 0.268 e. The summed E-state index contributed by atoms with van der Waals surface area (Å²) in [5.74, 6) is 1.68. The number of rotatable bonds is 4. The van der Waals surface area contributed by atoms with Crippen molar-refractivity contribution < 1.29 is 0 Å². The fourth-order valence-corrected chi connectivity index (χ4v) is 11.4. The molecule has 0 spiro atoms. The molecule has 2 aliphatic carbocycles. The highest BCUT2D eigenvalue weighted by atomic mass is 32.1. The van der Waals surface area contributed by atoms with Gasteiger partial charge in [0.15, 0.2) is 0 Å². The third kappa shape index (κ3) is 5.69. The van der Waals surface area contributed by atoms with Gasteiger partial charge in [-0.3, -0.25) is 29.6 Å². The van der Waals surface area contributed by atoms with Gasteiger partial charge < -0.3 is 9.97 Å². The van der Waals surface area contributed by atoms with Crippen LogP contribution in [0.5, 0.6) is 0 Å². The Morgan fingerprint density at radius 3 is 1.52 bits per heavy atom. The average Bonchev–Trinajstić information content (AvgIpc) is 3.97. The summed E-state index contributed by atoms with van der Waals surface area (Å²) in [6.07, 6.45) is 14.3. The molecule has 2 atom stereocenters. The molecule has 52 heavy (non-hydrogen) atoms. The number of aromatic nitrogens is 8. The number of hydrogen-bond donors (Lipinski definition) is 4. The maximum absolute atomic E-state index is 12.9. The molecule has 0 saturated carbocycles. The third-order valence-corrected chi connectivity index (χ3v) is 14.0. The summed E-state index contributed by atoms with van der Waals surface area (Å²) in [5.41, 5.74) is 8.92. The number of thiophene rings is 2. The summed E-state index contributed by atoms with van der Waals surface area (Å²) in [4.78, 5) is 49.2. The molecule has 12 nitrogen and oxygen atoms in total. The molecule has 10 rings (SSSR count). The zero-order valence-electron chi connectivity index (χ0n) is 30.3. The van der Waals surface area contributed by atoms with Gasteiger partial charge in [0.1, 0.15) is 21.0 Å². The zero-order chi connectivity index (χ0) is 35.7. The molecule has 272 valence electrons. The summed E-state index contributed by atoms with van der Waals surface area (Å²) in [5, 5.41) is 14.7. The minimum Gasteiger partial charge on any atom is -0.308 e. The number of nitrogens with one attached hydrogen (secondary N) is 4. The van der Waals surface area contributed by atoms with Crippen molar-refractivity contribution in [3.63, 3.8) is 0 Å². The Hall–Kier alpha value is -3.98. The first-order valence-electron chi connectivity index (χ1n) is 18.9. The molecule has 2 saturated heterocycles. The molecule has 4 N–H and O–H groups in total. The van der Waals surface area contributed by atoms with Gasteiger partial charge in [-0.2, -0.15) is 10.2 Å². The van der Waals surface area contributed by atoms with Crippen molar-refractivity contribution >= 4 is 43.1 Å². The Kier molecular flexibility index (Phi) is 8.76. The number of aryl methyl sites for hydroxylation is 4. The lowest BCUT2D eigenvalue weighted by molar-refractivity contribution is 0.198. The van der Waals surface area contributed by atoms with Gasteiger partial charge in [0.05, 0.1) is 35.5 Å². The van der Waals surface area contributed by atoms with Crippen LogP contribution in [0.2, 0.25) is 0 Å². The van der Waals surface area contributed by atoms with Gasteiger partial charge in [-0.1, -0.05) is 0 Å². The highest BCUT2D eigenvalue weighted by Crippen LogP contribution is 2.43. The SMILES string of the molecule is CC(C)N1CCC[C@@H]1c1nc2c3c(sc2c(=O)[nH]1)-c1cn[nH]c1CCC3.CC(C)N1CCC[C@H]1c1nc2c3c(sc2c(=O)[nH]1)-c1cn[nH]c1CCC3. The minimum absolute atomic E-state index is 0.00345. The maximum Gasteiger partial charge on any atom is 0.268 e. The van der Waals surface area contributed by atoms with Crippen LogP contribution < -0.4 is 11.1 Å². The average molecular weight is 739 g/mol. The fraction of sp³-hybridized carbons (Fsp3) is 0.526. The van der Waals surface area contributed by atoms with Crippen molar-refractivity contribution in [1.29, 1.82) is 0 Å². The number of H-pyrrole nitrogens is 4. The van der Waals surface area contributed by atoms with Crippen LogP contribution in [0.25, 0.3) is 41.3 Å². The van der Waals surface area contributed by atoms with E-state index in [0.29, 0.717) is 12.1 Å². The van der Waals surface area contributed by atoms with Gasteiger partial charge in [-0.15, -0.1) is 22.7 Å². The second-order valence-electron chi connectivity index (χ2n) is 15.3. The van der Waals surface area contributed by atoms with Gasteiger partial charge >= 0.3 is 0 Å². The van der Waals surface area contributed by atoms with E-state index < -0.39 is 0 Å². The van der Waals surface area contributed by atoms with Crippen molar-refractivity contribution in [2.75, 3.05) is 13.1 Å². The molecule has 6 aromatic rings. The van der Waals surface area contributed by atoms with Crippen LogP contribution in [0.4, 0.5) is 0 Å². The lowest BCUT2D eigenvalue weighted by Crippen LogP contribution is -2.32. The molecule has 14 heteroatoms. The number of likely N-dealkylation sites (tertiary alicyclic amines) is 2. The van der Waals surface area contributed by atoms with Crippen molar-refractivity contribution in [3.8, 4) is 20.9 Å². The molecule has 0 unspecified atom stereocenters. The van der Waals surface area contributed by atoms with Crippen LogP contribution in [0.1, 0.15) is 112 Å². The Morgan fingerprint density at radius 2 is 1.10 bits per heavy atom. The normalized spacial score (nSPS) is 20.5. The summed E-state index contributed by atoms with van der Waals surface area (Å²) >= 11 is 3.13. The first-order valence-corrected chi connectivity index (χ1v) is 20.6. The van der Waals surface area contributed by atoms with E-state index in [1.54, 1.807) is 22.7 Å². The first-order chi connectivity index (χ1) is 25.3. The highest BCUT2D eigenvalue weighted by molar-refractivity contribution is 7.22. The predicted octanol–water partition coefficient (Wildman–Crippen LogP) is 6.82. The molecule has 4 aliphatic rings. The minimum atomic E-state index is 0.00345. The lowest BCUT2D eigenvalue weighted by atomic mass is 10.1. The van der Waals surface area contributed by atoms with Crippen LogP contribution in [-0.4, -0.2) is 75.3 Å². The van der Waals surface area contributed by atoms with Crippen molar-refractivity contribution in [2.45, 2.75) is 116 Å². The fourth-order valence-electron chi connectivity index (χ4n) is 9.00. The van der Waals surface area contributed by atoms with Gasteiger partial charge in [0.2, 0.25) is 0 Å². The zero-order valence-corrected chi connectivity index (χ0v) is 31.9. The van der Waals surface area contributed by atoms with Crippen LogP contribution in [0.3, 0.4) is 0 Å². The second-order valence-corrected chi connectivity index (χ2v) is 17.3. The van der Waals surface area contributed by atoms with Crippen molar-refractivity contribution in [1.82, 2.24) is 50.1 Å². The molecule has 0 radical (unpaired) electrons. The van der Waals surface area contributed by atoms with E-state index >= 15 is 0 Å². The first kappa shape index (κ1) is 33.8. The van der Waals surface area contributed by atoms with E-state index in [9.17, 15) is 9.59 Å². The third-order valence-electron chi connectivity index (χ3n) is 11.5. The molecule has 8 heterocycles.